The van der Waals surface area contributed by atoms with Gasteiger partial charge in [-0.15, -0.1) is 0 Å². The van der Waals surface area contributed by atoms with Crippen molar-refractivity contribution in [1.29, 1.82) is 0 Å². The van der Waals surface area contributed by atoms with E-state index in [0.29, 0.717) is 30.5 Å². The van der Waals surface area contributed by atoms with Crippen LogP contribution in [0.4, 0.5) is 0 Å². The molecule has 2 heteroatoms. The van der Waals surface area contributed by atoms with Gasteiger partial charge in [-0.2, -0.15) is 0 Å². The molecule has 1 fully saturated rings. The van der Waals surface area contributed by atoms with E-state index in [1.165, 1.54) is 25.7 Å². The monoisotopic (exact) mass is 199 g/mol. The third kappa shape index (κ3) is 3.25. The van der Waals surface area contributed by atoms with Gasteiger partial charge in [-0.3, -0.25) is 0 Å². The first-order chi connectivity index (χ1) is 6.65. The molecular weight excluding hydrogens is 174 g/mol. The lowest BCUT2D eigenvalue weighted by atomic mass is 9.84. The van der Waals surface area contributed by atoms with Crippen LogP contribution in [-0.2, 0) is 0 Å². The summed E-state index contributed by atoms with van der Waals surface area (Å²) in [6, 6.07) is 1.11. The first kappa shape index (κ1) is 12.0. The van der Waals surface area contributed by atoms with Gasteiger partial charge < -0.3 is 10.4 Å². The number of hydrogen-bond donors (Lipinski definition) is 2. The summed E-state index contributed by atoms with van der Waals surface area (Å²) in [6.07, 6.45) is 5.04. The minimum Gasteiger partial charge on any atom is -0.396 e. The summed E-state index contributed by atoms with van der Waals surface area (Å²) in [5, 5.41) is 12.9. The summed E-state index contributed by atoms with van der Waals surface area (Å²) in [5.74, 6) is 1.17. The molecule has 1 rings (SSSR count). The van der Waals surface area contributed by atoms with Gasteiger partial charge in [0.15, 0.2) is 0 Å². The molecule has 0 heterocycles. The Kier molecular flexibility index (Phi) is 4.90. The number of aliphatic hydroxyl groups is 1. The Hall–Kier alpha value is -0.0800. The molecule has 0 radical (unpaired) electrons. The lowest BCUT2D eigenvalue weighted by molar-refractivity contribution is 0.142. The molecular formula is C12H25NO. The zero-order valence-electron chi connectivity index (χ0n) is 9.79. The van der Waals surface area contributed by atoms with E-state index in [1.807, 2.05) is 0 Å². The highest BCUT2D eigenvalue weighted by Crippen LogP contribution is 2.24. The van der Waals surface area contributed by atoms with Crippen molar-refractivity contribution in [1.82, 2.24) is 5.32 Å². The van der Waals surface area contributed by atoms with Crippen molar-refractivity contribution in [3.8, 4) is 0 Å². The molecule has 0 aromatic heterocycles. The van der Waals surface area contributed by atoms with E-state index in [9.17, 15) is 5.11 Å². The van der Waals surface area contributed by atoms with Gasteiger partial charge in [0.2, 0.25) is 0 Å². The highest BCUT2D eigenvalue weighted by atomic mass is 16.3. The molecule has 3 unspecified atom stereocenters. The SMILES string of the molecule is CC(C)C(C)NC1CCCCC1CO. The van der Waals surface area contributed by atoms with E-state index < -0.39 is 0 Å². The van der Waals surface area contributed by atoms with Gasteiger partial charge in [0.1, 0.15) is 0 Å². The second-order valence-electron chi connectivity index (χ2n) is 5.03. The topological polar surface area (TPSA) is 32.3 Å². The molecule has 0 aromatic carbocycles. The fraction of sp³-hybridized carbons (Fsp3) is 1.00. The van der Waals surface area contributed by atoms with E-state index in [2.05, 4.69) is 26.1 Å². The van der Waals surface area contributed by atoms with Crippen LogP contribution < -0.4 is 5.32 Å². The Bertz CT molecular complexity index is 158. The molecule has 0 bridgehead atoms. The largest absolute Gasteiger partial charge is 0.396 e. The van der Waals surface area contributed by atoms with Crippen LogP contribution in [0.1, 0.15) is 46.5 Å². The van der Waals surface area contributed by atoms with Crippen molar-refractivity contribution in [3.05, 3.63) is 0 Å². The lowest BCUT2D eigenvalue weighted by Crippen LogP contribution is -2.46. The minimum atomic E-state index is 0.350. The van der Waals surface area contributed by atoms with Crippen LogP contribution in [-0.4, -0.2) is 23.8 Å². The molecule has 0 saturated heterocycles. The predicted molar refractivity (Wildman–Crippen MR) is 60.3 cm³/mol. The summed E-state index contributed by atoms with van der Waals surface area (Å²) in [5.41, 5.74) is 0. The molecule has 2 N–H and O–H groups in total. The van der Waals surface area contributed by atoms with Crippen molar-refractivity contribution >= 4 is 0 Å². The third-order valence-electron chi connectivity index (χ3n) is 3.62. The summed E-state index contributed by atoms with van der Waals surface area (Å²) in [7, 11) is 0. The normalized spacial score (nSPS) is 30.6. The Balaban J connectivity index is 2.40. The molecule has 0 amide bonds. The van der Waals surface area contributed by atoms with Gasteiger partial charge in [0, 0.05) is 18.7 Å². The first-order valence-electron chi connectivity index (χ1n) is 6.02. The highest BCUT2D eigenvalue weighted by molar-refractivity contribution is 4.83. The van der Waals surface area contributed by atoms with Crippen molar-refractivity contribution in [2.75, 3.05) is 6.61 Å². The van der Waals surface area contributed by atoms with E-state index in [0.717, 1.165) is 0 Å². The smallest absolute Gasteiger partial charge is 0.0474 e. The van der Waals surface area contributed by atoms with E-state index in [1.54, 1.807) is 0 Å². The molecule has 84 valence electrons. The maximum atomic E-state index is 9.27. The Labute approximate surface area is 88.1 Å². The summed E-state index contributed by atoms with van der Waals surface area (Å²) >= 11 is 0. The molecule has 0 aromatic rings. The summed E-state index contributed by atoms with van der Waals surface area (Å²) in [4.78, 5) is 0. The van der Waals surface area contributed by atoms with Gasteiger partial charge in [-0.25, -0.2) is 0 Å². The maximum absolute atomic E-state index is 9.27. The zero-order valence-corrected chi connectivity index (χ0v) is 9.79. The van der Waals surface area contributed by atoms with E-state index in [-0.39, 0.29) is 0 Å². The first-order valence-corrected chi connectivity index (χ1v) is 6.02. The average Bonchev–Trinajstić information content (AvgIpc) is 2.18. The third-order valence-corrected chi connectivity index (χ3v) is 3.62. The van der Waals surface area contributed by atoms with Gasteiger partial charge >= 0.3 is 0 Å². The Morgan fingerprint density at radius 1 is 1.21 bits per heavy atom. The molecule has 0 aliphatic heterocycles. The molecule has 1 aliphatic carbocycles. The van der Waals surface area contributed by atoms with E-state index >= 15 is 0 Å². The van der Waals surface area contributed by atoms with Crippen LogP contribution >= 0.6 is 0 Å². The predicted octanol–water partition coefficient (Wildman–Crippen LogP) is 2.17. The standard InChI is InChI=1S/C12H25NO/c1-9(2)10(3)13-12-7-5-4-6-11(12)8-14/h9-14H,4-8H2,1-3H3. The molecule has 1 aliphatic rings. The van der Waals surface area contributed by atoms with Crippen molar-refractivity contribution in [2.45, 2.75) is 58.5 Å². The number of hydrogen-bond acceptors (Lipinski definition) is 2. The molecule has 2 nitrogen and oxygen atoms in total. The van der Waals surface area contributed by atoms with Crippen LogP contribution in [0.3, 0.4) is 0 Å². The fourth-order valence-electron chi connectivity index (χ4n) is 2.18. The van der Waals surface area contributed by atoms with Crippen molar-refractivity contribution in [2.24, 2.45) is 11.8 Å². The van der Waals surface area contributed by atoms with Crippen LogP contribution in [0.25, 0.3) is 0 Å². The molecule has 0 spiro atoms. The van der Waals surface area contributed by atoms with Crippen LogP contribution in [0.2, 0.25) is 0 Å². The minimum absolute atomic E-state index is 0.350. The van der Waals surface area contributed by atoms with Crippen molar-refractivity contribution < 1.29 is 5.11 Å². The molecule has 3 atom stereocenters. The van der Waals surface area contributed by atoms with Gasteiger partial charge in [-0.1, -0.05) is 26.7 Å². The van der Waals surface area contributed by atoms with Crippen LogP contribution in [0.15, 0.2) is 0 Å². The average molecular weight is 199 g/mol. The summed E-state index contributed by atoms with van der Waals surface area (Å²) in [6.45, 7) is 7.08. The Morgan fingerprint density at radius 3 is 2.43 bits per heavy atom. The van der Waals surface area contributed by atoms with Crippen LogP contribution in [0.5, 0.6) is 0 Å². The van der Waals surface area contributed by atoms with E-state index in [4.69, 9.17) is 0 Å². The fourth-order valence-corrected chi connectivity index (χ4v) is 2.18. The zero-order chi connectivity index (χ0) is 10.6. The maximum Gasteiger partial charge on any atom is 0.0474 e. The van der Waals surface area contributed by atoms with Crippen molar-refractivity contribution in [3.63, 3.8) is 0 Å². The van der Waals surface area contributed by atoms with Crippen LogP contribution in [0, 0.1) is 11.8 Å². The highest BCUT2D eigenvalue weighted by Gasteiger charge is 2.25. The second kappa shape index (κ2) is 5.72. The van der Waals surface area contributed by atoms with Gasteiger partial charge in [0.25, 0.3) is 0 Å². The molecule has 14 heavy (non-hydrogen) atoms. The number of nitrogens with one attached hydrogen (secondary N) is 1. The number of rotatable bonds is 4. The van der Waals surface area contributed by atoms with Gasteiger partial charge in [0.05, 0.1) is 0 Å². The Morgan fingerprint density at radius 2 is 1.86 bits per heavy atom. The number of aliphatic hydroxyl groups excluding tert-OH is 1. The quantitative estimate of drug-likeness (QED) is 0.727. The van der Waals surface area contributed by atoms with Gasteiger partial charge in [-0.05, 0) is 31.6 Å². The summed E-state index contributed by atoms with van der Waals surface area (Å²) < 4.78 is 0. The second-order valence-corrected chi connectivity index (χ2v) is 5.03. The lowest BCUT2D eigenvalue weighted by Gasteiger charge is -2.34. The molecule has 1 saturated carbocycles.